The van der Waals surface area contributed by atoms with Crippen molar-refractivity contribution in [2.75, 3.05) is 13.1 Å². The highest BCUT2D eigenvalue weighted by Crippen LogP contribution is 2.33. The molecule has 1 aromatic carbocycles. The summed E-state index contributed by atoms with van der Waals surface area (Å²) in [6, 6.07) is 5.45. The number of benzene rings is 1. The number of nitrogens with zero attached hydrogens (tertiary/aromatic N) is 1. The lowest BCUT2D eigenvalue weighted by Gasteiger charge is -2.29. The molecule has 0 aliphatic carbocycles. The van der Waals surface area contributed by atoms with Gasteiger partial charge in [-0.25, -0.2) is 4.39 Å². The summed E-state index contributed by atoms with van der Waals surface area (Å²) in [5, 5.41) is 0. The van der Waals surface area contributed by atoms with E-state index < -0.39 is 0 Å². The van der Waals surface area contributed by atoms with Crippen LogP contribution >= 0.6 is 0 Å². The molecule has 0 spiro atoms. The van der Waals surface area contributed by atoms with Crippen LogP contribution in [0.1, 0.15) is 37.4 Å². The smallest absolute Gasteiger partial charge is 0.123 e. The normalized spacial score (nSPS) is 25.0. The van der Waals surface area contributed by atoms with Gasteiger partial charge in [0.05, 0.1) is 6.04 Å². The second-order valence-corrected chi connectivity index (χ2v) is 5.79. The minimum absolute atomic E-state index is 0.160. The van der Waals surface area contributed by atoms with Gasteiger partial charge in [-0.1, -0.05) is 19.9 Å². The molecule has 100 valence electrons. The summed E-state index contributed by atoms with van der Waals surface area (Å²) in [5.74, 6) is 0.455. The van der Waals surface area contributed by atoms with Crippen LogP contribution in [0.4, 0.5) is 4.39 Å². The molecule has 1 fully saturated rings. The Balaban J connectivity index is 2.27. The summed E-state index contributed by atoms with van der Waals surface area (Å²) in [5.41, 5.74) is 8.44. The van der Waals surface area contributed by atoms with E-state index in [9.17, 15) is 4.39 Å². The molecule has 0 saturated carbocycles. The first-order valence-corrected chi connectivity index (χ1v) is 6.74. The van der Waals surface area contributed by atoms with Crippen molar-refractivity contribution in [2.45, 2.75) is 39.3 Å². The number of nitrogens with two attached hydrogens (primary N) is 1. The van der Waals surface area contributed by atoms with Gasteiger partial charge in [0, 0.05) is 19.1 Å². The van der Waals surface area contributed by atoms with Crippen molar-refractivity contribution in [1.82, 2.24) is 4.90 Å². The predicted molar refractivity (Wildman–Crippen MR) is 72.9 cm³/mol. The molecule has 0 amide bonds. The molecule has 3 heteroatoms. The van der Waals surface area contributed by atoms with Crippen LogP contribution in [0.2, 0.25) is 0 Å². The molecule has 2 N–H and O–H groups in total. The Morgan fingerprint density at radius 1 is 1.44 bits per heavy atom. The number of likely N-dealkylation sites (tertiary alicyclic amines) is 1. The van der Waals surface area contributed by atoms with Gasteiger partial charge >= 0.3 is 0 Å². The van der Waals surface area contributed by atoms with E-state index in [4.69, 9.17) is 5.73 Å². The summed E-state index contributed by atoms with van der Waals surface area (Å²) in [7, 11) is 0. The van der Waals surface area contributed by atoms with Crippen molar-refractivity contribution in [1.29, 1.82) is 0 Å². The molecule has 1 aliphatic heterocycles. The molecule has 0 radical (unpaired) electrons. The van der Waals surface area contributed by atoms with E-state index >= 15 is 0 Å². The Morgan fingerprint density at radius 3 is 2.78 bits per heavy atom. The largest absolute Gasteiger partial charge is 0.326 e. The average molecular weight is 250 g/mol. The van der Waals surface area contributed by atoms with Gasteiger partial charge in [-0.15, -0.1) is 0 Å². The Kier molecular flexibility index (Phi) is 4.03. The first-order valence-electron chi connectivity index (χ1n) is 6.74. The molecule has 2 nitrogen and oxygen atoms in total. The standard InChI is InChI=1S/C15H23FN2/c1-10(2)9-18-7-6-14(17)15(18)13-5-4-12(16)8-11(13)3/h4-5,8,10,14-15H,6-7,9,17H2,1-3H3. The molecule has 1 heterocycles. The molecule has 0 aromatic heterocycles. The predicted octanol–water partition coefficient (Wildman–Crippen LogP) is 2.86. The quantitative estimate of drug-likeness (QED) is 0.893. The van der Waals surface area contributed by atoms with Crippen LogP contribution in [-0.4, -0.2) is 24.0 Å². The fourth-order valence-electron chi connectivity index (χ4n) is 2.95. The van der Waals surface area contributed by atoms with Crippen molar-refractivity contribution in [3.63, 3.8) is 0 Å². The number of halogens is 1. The Morgan fingerprint density at radius 2 is 2.17 bits per heavy atom. The average Bonchev–Trinajstić information content (AvgIpc) is 2.60. The van der Waals surface area contributed by atoms with Gasteiger partial charge in [-0.05, 0) is 42.5 Å². The highest BCUT2D eigenvalue weighted by atomic mass is 19.1. The third-order valence-electron chi connectivity index (χ3n) is 3.70. The molecular formula is C15H23FN2. The van der Waals surface area contributed by atoms with E-state index in [1.54, 1.807) is 12.1 Å². The fraction of sp³-hybridized carbons (Fsp3) is 0.600. The van der Waals surface area contributed by atoms with Crippen molar-refractivity contribution in [3.8, 4) is 0 Å². The summed E-state index contributed by atoms with van der Waals surface area (Å²) < 4.78 is 13.2. The maximum absolute atomic E-state index is 13.2. The molecule has 1 aliphatic rings. The number of hydrogen-bond acceptors (Lipinski definition) is 2. The van der Waals surface area contributed by atoms with Crippen LogP contribution in [0.5, 0.6) is 0 Å². The van der Waals surface area contributed by atoms with Crippen molar-refractivity contribution in [2.24, 2.45) is 11.7 Å². The van der Waals surface area contributed by atoms with Gasteiger partial charge in [0.15, 0.2) is 0 Å². The second-order valence-electron chi connectivity index (χ2n) is 5.79. The van der Waals surface area contributed by atoms with E-state index in [0.717, 1.165) is 25.1 Å². The number of aryl methyl sites for hydroxylation is 1. The molecule has 2 rings (SSSR count). The van der Waals surface area contributed by atoms with E-state index in [0.29, 0.717) is 5.92 Å². The van der Waals surface area contributed by atoms with Crippen LogP contribution in [0.25, 0.3) is 0 Å². The lowest BCUT2D eigenvalue weighted by Crippen LogP contribution is -2.34. The fourth-order valence-corrected chi connectivity index (χ4v) is 2.95. The highest BCUT2D eigenvalue weighted by molar-refractivity contribution is 5.31. The number of rotatable bonds is 3. The summed E-state index contributed by atoms with van der Waals surface area (Å²) in [4.78, 5) is 2.44. The molecule has 1 saturated heterocycles. The van der Waals surface area contributed by atoms with Crippen LogP contribution < -0.4 is 5.73 Å². The van der Waals surface area contributed by atoms with Gasteiger partial charge in [-0.2, -0.15) is 0 Å². The Bertz CT molecular complexity index is 417. The van der Waals surface area contributed by atoms with Gasteiger partial charge in [0.25, 0.3) is 0 Å². The third-order valence-corrected chi connectivity index (χ3v) is 3.70. The Labute approximate surface area is 109 Å². The zero-order valence-corrected chi connectivity index (χ0v) is 11.5. The van der Waals surface area contributed by atoms with Gasteiger partial charge in [-0.3, -0.25) is 4.90 Å². The van der Waals surface area contributed by atoms with E-state index in [1.807, 2.05) is 13.0 Å². The summed E-state index contributed by atoms with van der Waals surface area (Å²) >= 11 is 0. The summed E-state index contributed by atoms with van der Waals surface area (Å²) in [6.07, 6.45) is 1.02. The van der Waals surface area contributed by atoms with E-state index in [2.05, 4.69) is 18.7 Å². The monoisotopic (exact) mass is 250 g/mol. The summed E-state index contributed by atoms with van der Waals surface area (Å²) in [6.45, 7) is 8.50. The lowest BCUT2D eigenvalue weighted by molar-refractivity contribution is 0.220. The molecule has 18 heavy (non-hydrogen) atoms. The molecule has 0 bridgehead atoms. The maximum Gasteiger partial charge on any atom is 0.123 e. The van der Waals surface area contributed by atoms with Crippen LogP contribution in [0.3, 0.4) is 0 Å². The van der Waals surface area contributed by atoms with Gasteiger partial charge < -0.3 is 5.73 Å². The van der Waals surface area contributed by atoms with Crippen molar-refractivity contribution >= 4 is 0 Å². The van der Waals surface area contributed by atoms with Crippen LogP contribution in [0, 0.1) is 18.7 Å². The molecule has 2 unspecified atom stereocenters. The van der Waals surface area contributed by atoms with Gasteiger partial charge in [0.1, 0.15) is 5.82 Å². The van der Waals surface area contributed by atoms with E-state index in [-0.39, 0.29) is 17.9 Å². The van der Waals surface area contributed by atoms with E-state index in [1.165, 1.54) is 5.56 Å². The molecular weight excluding hydrogens is 227 g/mol. The first-order chi connectivity index (χ1) is 8.49. The van der Waals surface area contributed by atoms with Crippen LogP contribution in [-0.2, 0) is 0 Å². The molecule has 1 aromatic rings. The zero-order chi connectivity index (χ0) is 13.3. The minimum Gasteiger partial charge on any atom is -0.326 e. The van der Waals surface area contributed by atoms with Crippen molar-refractivity contribution in [3.05, 3.63) is 35.1 Å². The number of hydrogen-bond donors (Lipinski definition) is 1. The topological polar surface area (TPSA) is 29.3 Å². The first kappa shape index (κ1) is 13.5. The van der Waals surface area contributed by atoms with Crippen molar-refractivity contribution < 1.29 is 4.39 Å². The zero-order valence-electron chi connectivity index (χ0n) is 11.5. The SMILES string of the molecule is Cc1cc(F)ccc1C1C(N)CCN1CC(C)C. The Hall–Kier alpha value is -0.930. The highest BCUT2D eigenvalue weighted by Gasteiger charge is 2.33. The lowest BCUT2D eigenvalue weighted by atomic mass is 9.96. The molecule has 2 atom stereocenters. The van der Waals surface area contributed by atoms with Crippen LogP contribution in [0.15, 0.2) is 18.2 Å². The van der Waals surface area contributed by atoms with Gasteiger partial charge in [0.2, 0.25) is 0 Å². The maximum atomic E-state index is 13.2. The minimum atomic E-state index is -0.168. The second kappa shape index (κ2) is 5.37. The third kappa shape index (κ3) is 2.73.